The minimum absolute atomic E-state index is 0.0836. The van der Waals surface area contributed by atoms with Crippen LogP contribution >= 0.6 is 11.6 Å². The molecule has 3 aromatic heterocycles. The molecule has 0 spiro atoms. The van der Waals surface area contributed by atoms with Crippen molar-refractivity contribution >= 4 is 39.4 Å². The van der Waals surface area contributed by atoms with Crippen LogP contribution in [0.4, 0.5) is 5.82 Å². The van der Waals surface area contributed by atoms with Crippen molar-refractivity contribution in [3.63, 3.8) is 0 Å². The number of ether oxygens (including phenoxy) is 3. The Morgan fingerprint density at radius 3 is 2.65 bits per heavy atom. The first kappa shape index (κ1) is 32.6. The lowest BCUT2D eigenvalue weighted by Crippen LogP contribution is -2.20. The number of aromatic amines is 1. The lowest BCUT2D eigenvalue weighted by Gasteiger charge is -2.18. The number of rotatable bonds is 12. The molecule has 1 unspecified atom stereocenters. The first-order chi connectivity index (χ1) is 23.4. The van der Waals surface area contributed by atoms with Crippen LogP contribution in [-0.2, 0) is 20.8 Å². The third kappa shape index (κ3) is 7.30. The second kappa shape index (κ2) is 15.1. The molecule has 0 aliphatic heterocycles. The van der Waals surface area contributed by atoms with Crippen LogP contribution in [-0.4, -0.2) is 75.0 Å². The highest BCUT2D eigenvalue weighted by molar-refractivity contribution is 6.30. The third-order valence-electron chi connectivity index (χ3n) is 7.57. The number of anilines is 1. The summed E-state index contributed by atoms with van der Waals surface area (Å²) in [6.45, 7) is 2.25. The highest BCUT2D eigenvalue weighted by atomic mass is 35.5. The molecular formula is C35H32ClN7O5. The first-order valence-electron chi connectivity index (χ1n) is 15.1. The zero-order valence-corrected chi connectivity index (χ0v) is 26.8. The Kier molecular flexibility index (Phi) is 10.2. The maximum absolute atomic E-state index is 13.7. The number of hydrogen-bond acceptors (Lipinski definition) is 10. The number of nitrogens with two attached hydrogens (primary N) is 1. The van der Waals surface area contributed by atoms with E-state index < -0.39 is 5.92 Å². The molecule has 0 saturated carbocycles. The molecule has 0 bridgehead atoms. The zero-order chi connectivity index (χ0) is 33.5. The highest BCUT2D eigenvalue weighted by Gasteiger charge is 2.24. The predicted octanol–water partition coefficient (Wildman–Crippen LogP) is 4.53. The number of methoxy groups -OCH3 is 1. The smallest absolute Gasteiger partial charge is 0.260 e. The maximum atomic E-state index is 13.7. The molecule has 244 valence electrons. The zero-order valence-electron chi connectivity index (χ0n) is 26.0. The quantitative estimate of drug-likeness (QED) is 0.125. The average molecular weight is 666 g/mol. The van der Waals surface area contributed by atoms with Gasteiger partial charge in [-0.05, 0) is 42.0 Å². The lowest BCUT2D eigenvalue weighted by molar-refractivity contribution is 0.0324. The minimum Gasteiger partial charge on any atom is -0.508 e. The van der Waals surface area contributed by atoms with Gasteiger partial charge in [-0.2, -0.15) is 5.10 Å². The largest absolute Gasteiger partial charge is 0.508 e. The van der Waals surface area contributed by atoms with Gasteiger partial charge in [0.15, 0.2) is 5.65 Å². The summed E-state index contributed by atoms with van der Waals surface area (Å²) >= 11 is 6.44. The van der Waals surface area contributed by atoms with E-state index in [4.69, 9.17) is 41.6 Å². The van der Waals surface area contributed by atoms with Gasteiger partial charge in [-0.3, -0.25) is 4.79 Å². The van der Waals surface area contributed by atoms with Crippen molar-refractivity contribution in [1.82, 2.24) is 29.7 Å². The van der Waals surface area contributed by atoms with Gasteiger partial charge in [0.05, 0.1) is 55.2 Å². The predicted molar refractivity (Wildman–Crippen MR) is 183 cm³/mol. The Morgan fingerprint density at radius 2 is 1.81 bits per heavy atom. The highest BCUT2D eigenvalue weighted by Crippen LogP contribution is 2.34. The van der Waals surface area contributed by atoms with Crippen molar-refractivity contribution in [3.8, 4) is 28.8 Å². The van der Waals surface area contributed by atoms with Crippen molar-refractivity contribution in [3.05, 3.63) is 105 Å². The summed E-state index contributed by atoms with van der Waals surface area (Å²) in [6.07, 6.45) is 1.37. The second-order valence-corrected chi connectivity index (χ2v) is 11.2. The van der Waals surface area contributed by atoms with Gasteiger partial charge in [0.2, 0.25) is 0 Å². The lowest BCUT2D eigenvalue weighted by atomic mass is 9.97. The van der Waals surface area contributed by atoms with Gasteiger partial charge >= 0.3 is 0 Å². The van der Waals surface area contributed by atoms with E-state index in [1.165, 1.54) is 6.33 Å². The summed E-state index contributed by atoms with van der Waals surface area (Å²) in [6, 6.07) is 19.4. The average Bonchev–Trinajstić information content (AvgIpc) is 3.46. The summed E-state index contributed by atoms with van der Waals surface area (Å²) in [5, 5.41) is 16.5. The molecule has 6 aromatic rings. The molecule has 0 radical (unpaired) electrons. The number of halogens is 1. The van der Waals surface area contributed by atoms with Crippen LogP contribution in [0.2, 0.25) is 5.02 Å². The molecular weight excluding hydrogens is 634 g/mol. The van der Waals surface area contributed by atoms with Crippen LogP contribution in [0.3, 0.4) is 0 Å². The van der Waals surface area contributed by atoms with E-state index in [0.29, 0.717) is 76.0 Å². The van der Waals surface area contributed by atoms with Crippen LogP contribution < -0.4 is 11.3 Å². The van der Waals surface area contributed by atoms with Crippen LogP contribution in [0.25, 0.3) is 33.2 Å². The number of phenolic OH excluding ortho intramolecular Hbond substituents is 1. The van der Waals surface area contributed by atoms with Gasteiger partial charge in [0.1, 0.15) is 36.0 Å². The molecule has 0 fully saturated rings. The van der Waals surface area contributed by atoms with E-state index in [0.717, 1.165) is 5.56 Å². The van der Waals surface area contributed by atoms with E-state index in [-0.39, 0.29) is 30.3 Å². The minimum atomic E-state index is -0.508. The summed E-state index contributed by atoms with van der Waals surface area (Å²) in [5.41, 5.74) is 9.44. The summed E-state index contributed by atoms with van der Waals surface area (Å²) < 4.78 is 17.6. The molecule has 0 amide bonds. The Hall–Kier alpha value is -5.32. The number of fused-ring (bicyclic) bond motifs is 2. The van der Waals surface area contributed by atoms with E-state index in [9.17, 15) is 9.90 Å². The van der Waals surface area contributed by atoms with Crippen LogP contribution in [0, 0.1) is 11.8 Å². The van der Waals surface area contributed by atoms with Crippen LogP contribution in [0.15, 0.2) is 77.9 Å². The number of nitrogens with zero attached hydrogens (tertiary/aromatic N) is 5. The number of benzene rings is 3. The van der Waals surface area contributed by atoms with Crippen molar-refractivity contribution in [2.24, 2.45) is 0 Å². The number of aromatic hydroxyl groups is 1. The molecule has 0 aliphatic carbocycles. The maximum Gasteiger partial charge on any atom is 0.260 e. The molecule has 1 atom stereocenters. The SMILES string of the molecule is COCCOCCOCC#Cc1cccc2nc(C(Cn3nc(-c4cccc(O)c4)c4c(N)ncnc43)c3cccc(Cl)c3)[nH]c(=O)c12. The molecule has 3 aromatic carbocycles. The number of H-pyrrole nitrogens is 1. The van der Waals surface area contributed by atoms with Crippen LogP contribution in [0.1, 0.15) is 22.9 Å². The molecule has 48 heavy (non-hydrogen) atoms. The molecule has 4 N–H and O–H groups in total. The Morgan fingerprint density at radius 1 is 1.00 bits per heavy atom. The van der Waals surface area contributed by atoms with Gasteiger partial charge < -0.3 is 30.0 Å². The normalized spacial score (nSPS) is 11.9. The number of hydrogen-bond donors (Lipinski definition) is 3. The molecule has 6 rings (SSSR count). The van der Waals surface area contributed by atoms with Crippen molar-refractivity contribution < 1.29 is 19.3 Å². The standard InChI is InChI=1S/C35H32ClN7O5/c1-46-14-15-48-17-16-47-13-5-9-22-6-4-12-28-29(22)35(45)41-33(40-28)27(23-7-2-10-25(36)18-23)20-43-34-30(32(37)38-21-39-34)31(42-43)24-8-3-11-26(44)19-24/h2-4,6-8,10-12,18-19,21,27,44H,13-17,20H2,1H3,(H2,37,38,39)(H,40,41,45). The van der Waals surface area contributed by atoms with Crippen molar-refractivity contribution in [2.45, 2.75) is 12.5 Å². The van der Waals surface area contributed by atoms with Crippen molar-refractivity contribution in [2.75, 3.05) is 45.9 Å². The molecule has 0 saturated heterocycles. The summed E-state index contributed by atoms with van der Waals surface area (Å²) in [5.74, 6) is 6.24. The summed E-state index contributed by atoms with van der Waals surface area (Å²) in [7, 11) is 1.62. The number of nitrogens with one attached hydrogen (secondary N) is 1. The fourth-order valence-electron chi connectivity index (χ4n) is 5.35. The van der Waals surface area contributed by atoms with E-state index in [1.807, 2.05) is 30.3 Å². The number of phenols is 1. The van der Waals surface area contributed by atoms with Gasteiger partial charge in [-0.25, -0.2) is 19.6 Å². The monoisotopic (exact) mass is 665 g/mol. The van der Waals surface area contributed by atoms with E-state index >= 15 is 0 Å². The Bertz CT molecular complexity index is 2190. The van der Waals surface area contributed by atoms with E-state index in [1.54, 1.807) is 48.2 Å². The molecule has 13 heteroatoms. The molecule has 3 heterocycles. The third-order valence-corrected chi connectivity index (χ3v) is 7.80. The second-order valence-electron chi connectivity index (χ2n) is 10.8. The van der Waals surface area contributed by atoms with Gasteiger partial charge in [0.25, 0.3) is 5.56 Å². The Balaban J connectivity index is 1.35. The Labute approximate surface area is 280 Å². The van der Waals surface area contributed by atoms with Gasteiger partial charge in [-0.1, -0.05) is 53.8 Å². The fraction of sp³-hybridized carbons (Fsp3) is 0.229. The fourth-order valence-corrected chi connectivity index (χ4v) is 5.55. The molecule has 12 nitrogen and oxygen atoms in total. The van der Waals surface area contributed by atoms with Gasteiger partial charge in [0, 0.05) is 23.3 Å². The number of aromatic nitrogens is 6. The number of nitrogen functional groups attached to an aromatic ring is 1. The van der Waals surface area contributed by atoms with Crippen LogP contribution in [0.5, 0.6) is 5.75 Å². The molecule has 0 aliphatic rings. The van der Waals surface area contributed by atoms with E-state index in [2.05, 4.69) is 26.8 Å². The van der Waals surface area contributed by atoms with Crippen molar-refractivity contribution in [1.29, 1.82) is 0 Å². The first-order valence-corrected chi connectivity index (χ1v) is 15.5. The van der Waals surface area contributed by atoms with Gasteiger partial charge in [-0.15, -0.1) is 0 Å². The summed E-state index contributed by atoms with van der Waals surface area (Å²) in [4.78, 5) is 30.3. The topological polar surface area (TPSA) is 163 Å².